The lowest BCUT2D eigenvalue weighted by atomic mass is 10.1. The second kappa shape index (κ2) is 4.98. The van der Waals surface area contributed by atoms with Gasteiger partial charge in [0.05, 0.1) is 5.69 Å². The number of carbonyl (C=O) groups is 1. The molecule has 1 unspecified atom stereocenters. The summed E-state index contributed by atoms with van der Waals surface area (Å²) in [5, 5.41) is 11.4. The largest absolute Gasteiger partial charge is 0.481 e. The van der Waals surface area contributed by atoms with E-state index in [0.717, 1.165) is 15.7 Å². The molecule has 17 heavy (non-hydrogen) atoms. The van der Waals surface area contributed by atoms with Gasteiger partial charge in [0.2, 0.25) is 0 Å². The zero-order valence-corrected chi connectivity index (χ0v) is 11.5. The molecular weight excluding hydrogens is 302 g/mol. The average Bonchev–Trinajstić information content (AvgIpc) is 2.77. The van der Waals surface area contributed by atoms with Gasteiger partial charge in [-0.25, -0.2) is 4.98 Å². The van der Waals surface area contributed by atoms with E-state index < -0.39 is 11.9 Å². The van der Waals surface area contributed by atoms with Crippen molar-refractivity contribution >= 4 is 33.2 Å². The third-order valence-corrected chi connectivity index (χ3v) is 3.90. The summed E-state index contributed by atoms with van der Waals surface area (Å²) in [6.45, 7) is 1.64. The molecule has 1 N–H and O–H groups in total. The number of carboxylic acid groups (broad SMARTS) is 1. The summed E-state index contributed by atoms with van der Waals surface area (Å²) < 4.78 is 0.982. The van der Waals surface area contributed by atoms with Crippen molar-refractivity contribution in [3.05, 3.63) is 39.1 Å². The van der Waals surface area contributed by atoms with E-state index in [-0.39, 0.29) is 0 Å². The molecule has 0 aliphatic heterocycles. The van der Waals surface area contributed by atoms with Crippen LogP contribution in [0, 0.1) is 0 Å². The number of rotatable bonds is 3. The molecule has 1 aromatic carbocycles. The average molecular weight is 312 g/mol. The first kappa shape index (κ1) is 12.3. The molecule has 0 spiro atoms. The Labute approximate surface area is 111 Å². The van der Waals surface area contributed by atoms with Crippen molar-refractivity contribution in [2.24, 2.45) is 0 Å². The van der Waals surface area contributed by atoms with E-state index in [1.165, 1.54) is 11.3 Å². The van der Waals surface area contributed by atoms with Crippen molar-refractivity contribution in [1.82, 2.24) is 4.98 Å². The predicted molar refractivity (Wildman–Crippen MR) is 71.3 cm³/mol. The van der Waals surface area contributed by atoms with Crippen LogP contribution in [-0.4, -0.2) is 16.1 Å². The second-order valence-corrected chi connectivity index (χ2v) is 5.45. The van der Waals surface area contributed by atoms with Crippen molar-refractivity contribution in [2.75, 3.05) is 0 Å². The molecule has 0 aliphatic carbocycles. The lowest BCUT2D eigenvalue weighted by molar-refractivity contribution is -0.138. The van der Waals surface area contributed by atoms with Gasteiger partial charge in [0, 0.05) is 15.4 Å². The number of hydrogen-bond donors (Lipinski definition) is 1. The lowest BCUT2D eigenvalue weighted by Crippen LogP contribution is -2.06. The number of benzene rings is 1. The van der Waals surface area contributed by atoms with Gasteiger partial charge in [-0.05, 0) is 19.1 Å². The number of thiazole rings is 1. The molecule has 0 fully saturated rings. The first-order chi connectivity index (χ1) is 8.08. The summed E-state index contributed by atoms with van der Waals surface area (Å²) in [6, 6.07) is 7.79. The SMILES string of the molecule is CC(C(=O)O)c1nc(-c2cccc(Br)c2)cs1. The van der Waals surface area contributed by atoms with Gasteiger partial charge < -0.3 is 5.11 Å². The molecular formula is C12H10BrNO2S. The van der Waals surface area contributed by atoms with Gasteiger partial charge in [-0.2, -0.15) is 0 Å². The van der Waals surface area contributed by atoms with Gasteiger partial charge >= 0.3 is 5.97 Å². The number of nitrogens with zero attached hydrogens (tertiary/aromatic N) is 1. The van der Waals surface area contributed by atoms with Crippen molar-refractivity contribution in [1.29, 1.82) is 0 Å². The van der Waals surface area contributed by atoms with Crippen LogP contribution < -0.4 is 0 Å². The maximum Gasteiger partial charge on any atom is 0.313 e. The second-order valence-electron chi connectivity index (χ2n) is 3.64. The summed E-state index contributed by atoms with van der Waals surface area (Å²) in [6.07, 6.45) is 0. The van der Waals surface area contributed by atoms with E-state index in [4.69, 9.17) is 5.11 Å². The van der Waals surface area contributed by atoms with Crippen LogP contribution >= 0.6 is 27.3 Å². The first-order valence-corrected chi connectivity index (χ1v) is 6.69. The molecule has 0 amide bonds. The topological polar surface area (TPSA) is 50.2 Å². The highest BCUT2D eigenvalue weighted by Gasteiger charge is 2.17. The number of halogens is 1. The molecule has 3 nitrogen and oxygen atoms in total. The van der Waals surface area contributed by atoms with Gasteiger partial charge in [0.15, 0.2) is 0 Å². The van der Waals surface area contributed by atoms with Crippen LogP contribution in [0.5, 0.6) is 0 Å². The highest BCUT2D eigenvalue weighted by atomic mass is 79.9. The summed E-state index contributed by atoms with van der Waals surface area (Å²) in [7, 11) is 0. The summed E-state index contributed by atoms with van der Waals surface area (Å²) in [5.41, 5.74) is 1.80. The highest BCUT2D eigenvalue weighted by Crippen LogP contribution is 2.27. The Morgan fingerprint density at radius 1 is 1.53 bits per heavy atom. The number of aliphatic carboxylic acids is 1. The van der Waals surface area contributed by atoms with Crippen LogP contribution in [0.4, 0.5) is 0 Å². The van der Waals surface area contributed by atoms with Crippen LogP contribution in [0.25, 0.3) is 11.3 Å². The van der Waals surface area contributed by atoms with Crippen LogP contribution in [0.1, 0.15) is 17.8 Å². The van der Waals surface area contributed by atoms with Gasteiger partial charge in [0.25, 0.3) is 0 Å². The minimum atomic E-state index is -0.847. The van der Waals surface area contributed by atoms with Gasteiger partial charge in [0.1, 0.15) is 10.9 Å². The van der Waals surface area contributed by atoms with Crippen LogP contribution in [0.15, 0.2) is 34.1 Å². The molecule has 5 heteroatoms. The number of aromatic nitrogens is 1. The van der Waals surface area contributed by atoms with E-state index in [9.17, 15) is 4.79 Å². The molecule has 2 aromatic rings. The Balaban J connectivity index is 2.33. The zero-order chi connectivity index (χ0) is 12.4. The monoisotopic (exact) mass is 311 g/mol. The van der Waals surface area contributed by atoms with Crippen LogP contribution in [-0.2, 0) is 4.79 Å². The standard InChI is InChI=1S/C12H10BrNO2S/c1-7(12(15)16)11-14-10(6-17-11)8-3-2-4-9(13)5-8/h2-7H,1H3,(H,15,16). The minimum absolute atomic E-state index is 0.555. The van der Waals surface area contributed by atoms with Crippen molar-refractivity contribution in [2.45, 2.75) is 12.8 Å². The van der Waals surface area contributed by atoms with Crippen LogP contribution in [0.2, 0.25) is 0 Å². The normalized spacial score (nSPS) is 12.4. The summed E-state index contributed by atoms with van der Waals surface area (Å²) in [5.74, 6) is -1.40. The molecule has 0 saturated heterocycles. The van der Waals surface area contributed by atoms with E-state index in [1.807, 2.05) is 29.6 Å². The Hall–Kier alpha value is -1.20. The Kier molecular flexibility index (Phi) is 3.59. The minimum Gasteiger partial charge on any atom is -0.481 e. The van der Waals surface area contributed by atoms with Crippen molar-refractivity contribution in [3.8, 4) is 11.3 Å². The fourth-order valence-electron chi connectivity index (χ4n) is 1.37. The van der Waals surface area contributed by atoms with Crippen LogP contribution in [0.3, 0.4) is 0 Å². The maximum atomic E-state index is 10.9. The molecule has 0 saturated carbocycles. The molecule has 88 valence electrons. The smallest absolute Gasteiger partial charge is 0.313 e. The summed E-state index contributed by atoms with van der Waals surface area (Å²) >= 11 is 4.78. The number of hydrogen-bond acceptors (Lipinski definition) is 3. The fourth-order valence-corrected chi connectivity index (χ4v) is 2.65. The Bertz CT molecular complexity index is 553. The molecule has 1 aromatic heterocycles. The molecule has 0 bridgehead atoms. The Morgan fingerprint density at radius 2 is 2.29 bits per heavy atom. The Morgan fingerprint density at radius 3 is 2.94 bits per heavy atom. The summed E-state index contributed by atoms with van der Waals surface area (Å²) in [4.78, 5) is 15.2. The van der Waals surface area contributed by atoms with E-state index in [0.29, 0.717) is 5.01 Å². The van der Waals surface area contributed by atoms with Crippen molar-refractivity contribution in [3.63, 3.8) is 0 Å². The van der Waals surface area contributed by atoms with Gasteiger partial charge in [-0.15, -0.1) is 11.3 Å². The first-order valence-electron chi connectivity index (χ1n) is 5.02. The molecule has 0 aliphatic rings. The van der Waals surface area contributed by atoms with E-state index >= 15 is 0 Å². The maximum absolute atomic E-state index is 10.9. The predicted octanol–water partition coefficient (Wildman–Crippen LogP) is 3.76. The molecule has 2 rings (SSSR count). The molecule has 1 heterocycles. The van der Waals surface area contributed by atoms with Crippen molar-refractivity contribution < 1.29 is 9.90 Å². The zero-order valence-electron chi connectivity index (χ0n) is 9.05. The highest BCUT2D eigenvalue weighted by molar-refractivity contribution is 9.10. The quantitative estimate of drug-likeness (QED) is 0.939. The molecule has 0 radical (unpaired) electrons. The van der Waals surface area contributed by atoms with E-state index in [2.05, 4.69) is 20.9 Å². The van der Waals surface area contributed by atoms with Gasteiger partial charge in [-0.3, -0.25) is 4.79 Å². The third kappa shape index (κ3) is 2.73. The van der Waals surface area contributed by atoms with Gasteiger partial charge in [-0.1, -0.05) is 28.1 Å². The molecule has 1 atom stereocenters. The lowest BCUT2D eigenvalue weighted by Gasteiger charge is -2.00. The fraction of sp³-hybridized carbons (Fsp3) is 0.167. The van der Waals surface area contributed by atoms with E-state index in [1.54, 1.807) is 6.92 Å². The number of carboxylic acids is 1. The third-order valence-electron chi connectivity index (χ3n) is 2.38.